The van der Waals surface area contributed by atoms with Crippen LogP contribution in [0.2, 0.25) is 0 Å². The molecule has 0 fully saturated rings. The van der Waals surface area contributed by atoms with Crippen LogP contribution in [0.15, 0.2) is 12.3 Å². The average molecular weight is 164 g/mol. The van der Waals surface area contributed by atoms with Crippen LogP contribution in [0, 0.1) is 0 Å². The molecule has 0 atom stereocenters. The third-order valence-corrected chi connectivity index (χ3v) is 2.06. The smallest absolute Gasteiger partial charge is 0.126 e. The molecule has 2 N–H and O–H groups in total. The summed E-state index contributed by atoms with van der Waals surface area (Å²) in [5, 5.41) is 0. The van der Waals surface area contributed by atoms with Gasteiger partial charge in [-0.05, 0) is 30.0 Å². The van der Waals surface area contributed by atoms with Crippen molar-refractivity contribution in [3.63, 3.8) is 0 Å². The van der Waals surface area contributed by atoms with Crippen LogP contribution in [-0.2, 0) is 12.8 Å². The molecular formula is C10H16N2. The molecule has 0 aliphatic heterocycles. The van der Waals surface area contributed by atoms with Crippen molar-refractivity contribution >= 4 is 5.82 Å². The topological polar surface area (TPSA) is 38.9 Å². The van der Waals surface area contributed by atoms with Crippen molar-refractivity contribution in [1.29, 1.82) is 0 Å². The zero-order valence-corrected chi connectivity index (χ0v) is 7.80. The second-order valence-corrected chi connectivity index (χ2v) is 2.94. The molecular weight excluding hydrogens is 148 g/mol. The van der Waals surface area contributed by atoms with Gasteiger partial charge in [0.2, 0.25) is 0 Å². The van der Waals surface area contributed by atoms with Crippen LogP contribution in [0.3, 0.4) is 0 Å². The van der Waals surface area contributed by atoms with Gasteiger partial charge in [-0.25, -0.2) is 4.98 Å². The summed E-state index contributed by atoms with van der Waals surface area (Å²) in [6.45, 7) is 4.29. The highest BCUT2D eigenvalue weighted by Gasteiger charge is 2.03. The fourth-order valence-electron chi connectivity index (χ4n) is 1.46. The Labute approximate surface area is 73.8 Å². The van der Waals surface area contributed by atoms with Crippen molar-refractivity contribution < 1.29 is 0 Å². The van der Waals surface area contributed by atoms with Crippen LogP contribution in [0.25, 0.3) is 0 Å². The predicted molar refractivity (Wildman–Crippen MR) is 52.0 cm³/mol. The standard InChI is InChI=1S/C10H16N2/c1-3-5-8-6-7-12-10(11)9(8)4-2/h6-7H,3-5H2,1-2H3,(H2,11,12). The lowest BCUT2D eigenvalue weighted by molar-refractivity contribution is 0.895. The molecule has 0 amide bonds. The summed E-state index contributed by atoms with van der Waals surface area (Å²) in [5.74, 6) is 0.698. The first kappa shape index (κ1) is 9.04. The van der Waals surface area contributed by atoms with Gasteiger partial charge in [0.05, 0.1) is 0 Å². The van der Waals surface area contributed by atoms with Gasteiger partial charge in [-0.1, -0.05) is 20.3 Å². The summed E-state index contributed by atoms with van der Waals surface area (Å²) in [7, 11) is 0. The fourth-order valence-corrected chi connectivity index (χ4v) is 1.46. The average Bonchev–Trinajstić information content (AvgIpc) is 2.05. The predicted octanol–water partition coefficient (Wildman–Crippen LogP) is 2.18. The molecule has 0 radical (unpaired) electrons. The third kappa shape index (κ3) is 1.76. The molecule has 1 aromatic heterocycles. The monoisotopic (exact) mass is 164 g/mol. The van der Waals surface area contributed by atoms with Crippen LogP contribution in [0.5, 0.6) is 0 Å². The highest BCUT2D eigenvalue weighted by Crippen LogP contribution is 2.16. The van der Waals surface area contributed by atoms with Crippen LogP contribution in [0.1, 0.15) is 31.4 Å². The quantitative estimate of drug-likeness (QED) is 0.743. The number of pyridine rings is 1. The number of nitrogens with zero attached hydrogens (tertiary/aromatic N) is 1. The van der Waals surface area contributed by atoms with E-state index >= 15 is 0 Å². The summed E-state index contributed by atoms with van der Waals surface area (Å²) < 4.78 is 0. The van der Waals surface area contributed by atoms with E-state index in [9.17, 15) is 0 Å². The summed E-state index contributed by atoms with van der Waals surface area (Å²) in [6, 6.07) is 2.07. The lowest BCUT2D eigenvalue weighted by Gasteiger charge is -2.07. The summed E-state index contributed by atoms with van der Waals surface area (Å²) in [6.07, 6.45) is 5.04. The van der Waals surface area contributed by atoms with E-state index in [2.05, 4.69) is 24.9 Å². The van der Waals surface area contributed by atoms with E-state index in [4.69, 9.17) is 5.73 Å². The largest absolute Gasteiger partial charge is 0.383 e. The SMILES string of the molecule is CCCc1ccnc(N)c1CC. The van der Waals surface area contributed by atoms with Gasteiger partial charge in [0, 0.05) is 6.20 Å². The Kier molecular flexibility index (Phi) is 3.09. The van der Waals surface area contributed by atoms with Crippen LogP contribution >= 0.6 is 0 Å². The second-order valence-electron chi connectivity index (χ2n) is 2.94. The number of nitrogens with two attached hydrogens (primary N) is 1. The lowest BCUT2D eigenvalue weighted by Crippen LogP contribution is -2.01. The second kappa shape index (κ2) is 4.10. The van der Waals surface area contributed by atoms with E-state index in [-0.39, 0.29) is 0 Å². The van der Waals surface area contributed by atoms with E-state index in [1.807, 2.05) is 0 Å². The molecule has 0 aromatic carbocycles. The van der Waals surface area contributed by atoms with Crippen molar-refractivity contribution in [2.45, 2.75) is 33.1 Å². The van der Waals surface area contributed by atoms with Crippen LogP contribution in [-0.4, -0.2) is 4.98 Å². The van der Waals surface area contributed by atoms with Gasteiger partial charge < -0.3 is 5.73 Å². The molecule has 1 aromatic rings. The van der Waals surface area contributed by atoms with Crippen molar-refractivity contribution in [2.75, 3.05) is 5.73 Å². The van der Waals surface area contributed by atoms with E-state index in [1.165, 1.54) is 11.1 Å². The Balaban J connectivity index is 3.00. The molecule has 1 heterocycles. The Morgan fingerprint density at radius 3 is 2.75 bits per heavy atom. The zero-order chi connectivity index (χ0) is 8.97. The highest BCUT2D eigenvalue weighted by molar-refractivity contribution is 5.44. The number of hydrogen-bond acceptors (Lipinski definition) is 2. The van der Waals surface area contributed by atoms with Gasteiger partial charge in [-0.3, -0.25) is 0 Å². The minimum atomic E-state index is 0.698. The molecule has 12 heavy (non-hydrogen) atoms. The Morgan fingerprint density at radius 2 is 2.17 bits per heavy atom. The highest BCUT2D eigenvalue weighted by atomic mass is 14.8. The maximum atomic E-state index is 5.75. The number of hydrogen-bond donors (Lipinski definition) is 1. The first-order valence-corrected chi connectivity index (χ1v) is 4.51. The molecule has 0 aliphatic rings. The molecule has 2 heteroatoms. The molecule has 0 saturated heterocycles. The summed E-state index contributed by atoms with van der Waals surface area (Å²) in [4.78, 5) is 4.07. The number of aromatic nitrogens is 1. The molecule has 0 bridgehead atoms. The maximum absolute atomic E-state index is 5.75. The molecule has 2 nitrogen and oxygen atoms in total. The fraction of sp³-hybridized carbons (Fsp3) is 0.500. The van der Waals surface area contributed by atoms with Gasteiger partial charge in [-0.2, -0.15) is 0 Å². The van der Waals surface area contributed by atoms with Gasteiger partial charge >= 0.3 is 0 Å². The van der Waals surface area contributed by atoms with E-state index in [0.717, 1.165) is 19.3 Å². The number of aryl methyl sites for hydroxylation is 1. The van der Waals surface area contributed by atoms with Gasteiger partial charge in [0.1, 0.15) is 5.82 Å². The number of anilines is 1. The number of nitrogen functional groups attached to an aromatic ring is 1. The van der Waals surface area contributed by atoms with Crippen molar-refractivity contribution in [2.24, 2.45) is 0 Å². The molecule has 0 spiro atoms. The molecule has 0 saturated carbocycles. The Hall–Kier alpha value is -1.05. The zero-order valence-electron chi connectivity index (χ0n) is 7.80. The van der Waals surface area contributed by atoms with Crippen molar-refractivity contribution in [1.82, 2.24) is 4.98 Å². The molecule has 1 rings (SSSR count). The van der Waals surface area contributed by atoms with E-state index in [0.29, 0.717) is 5.82 Å². The van der Waals surface area contributed by atoms with Crippen LogP contribution in [0.4, 0.5) is 5.82 Å². The number of rotatable bonds is 3. The van der Waals surface area contributed by atoms with Crippen LogP contribution < -0.4 is 5.73 Å². The normalized spacial score (nSPS) is 10.2. The summed E-state index contributed by atoms with van der Waals surface area (Å²) >= 11 is 0. The first-order valence-electron chi connectivity index (χ1n) is 4.51. The van der Waals surface area contributed by atoms with Gasteiger partial charge in [0.15, 0.2) is 0 Å². The van der Waals surface area contributed by atoms with Crippen molar-refractivity contribution in [3.8, 4) is 0 Å². The third-order valence-electron chi connectivity index (χ3n) is 2.06. The molecule has 66 valence electrons. The maximum Gasteiger partial charge on any atom is 0.126 e. The minimum absolute atomic E-state index is 0.698. The molecule has 0 aliphatic carbocycles. The molecule has 0 unspecified atom stereocenters. The lowest BCUT2D eigenvalue weighted by atomic mass is 10.0. The van der Waals surface area contributed by atoms with E-state index in [1.54, 1.807) is 6.20 Å². The van der Waals surface area contributed by atoms with E-state index < -0.39 is 0 Å². The minimum Gasteiger partial charge on any atom is -0.383 e. The van der Waals surface area contributed by atoms with Crippen molar-refractivity contribution in [3.05, 3.63) is 23.4 Å². The van der Waals surface area contributed by atoms with Gasteiger partial charge in [0.25, 0.3) is 0 Å². The summed E-state index contributed by atoms with van der Waals surface area (Å²) in [5.41, 5.74) is 8.33. The Bertz CT molecular complexity index is 256. The van der Waals surface area contributed by atoms with Gasteiger partial charge in [-0.15, -0.1) is 0 Å². The first-order chi connectivity index (χ1) is 5.79. The Morgan fingerprint density at radius 1 is 1.42 bits per heavy atom.